The lowest BCUT2D eigenvalue weighted by Crippen LogP contribution is -2.07. The molecule has 0 aliphatic heterocycles. The Morgan fingerprint density at radius 1 is 1.35 bits per heavy atom. The molecule has 1 saturated carbocycles. The average Bonchev–Trinajstić information content (AvgIpc) is 2.88. The van der Waals surface area contributed by atoms with E-state index in [-0.39, 0.29) is 5.56 Å². The number of aromatic nitrogens is 3. The van der Waals surface area contributed by atoms with Crippen LogP contribution in [0.5, 0.6) is 0 Å². The Bertz CT molecular complexity index is 615. The molecule has 106 valence electrons. The molecule has 0 atom stereocenters. The van der Waals surface area contributed by atoms with E-state index >= 15 is 0 Å². The first-order valence-corrected chi connectivity index (χ1v) is 7.30. The van der Waals surface area contributed by atoms with Crippen molar-refractivity contribution in [2.75, 3.05) is 0 Å². The summed E-state index contributed by atoms with van der Waals surface area (Å²) in [7, 11) is 0. The summed E-state index contributed by atoms with van der Waals surface area (Å²) in [6.45, 7) is 0. The Labute approximate surface area is 117 Å². The highest BCUT2D eigenvalue weighted by Crippen LogP contribution is 2.27. The number of pyridine rings is 1. The van der Waals surface area contributed by atoms with Crippen LogP contribution in [0.1, 0.15) is 54.7 Å². The molecule has 5 heteroatoms. The number of hydrogen-bond donors (Lipinski definition) is 2. The van der Waals surface area contributed by atoms with Gasteiger partial charge in [0.15, 0.2) is 5.65 Å². The molecule has 0 amide bonds. The molecule has 2 aromatic rings. The molecule has 0 radical (unpaired) electrons. The van der Waals surface area contributed by atoms with E-state index in [9.17, 15) is 4.79 Å². The molecule has 2 heterocycles. The molecule has 2 aromatic heterocycles. The summed E-state index contributed by atoms with van der Waals surface area (Å²) in [5.74, 6) is 0.776. The van der Waals surface area contributed by atoms with Gasteiger partial charge in [-0.15, -0.1) is 0 Å². The number of H-pyrrole nitrogens is 1. The van der Waals surface area contributed by atoms with Crippen molar-refractivity contribution in [3.05, 3.63) is 23.7 Å². The monoisotopic (exact) mass is 273 g/mol. The highest BCUT2D eigenvalue weighted by atomic mass is 16.4. The molecule has 20 heavy (non-hydrogen) atoms. The Kier molecular flexibility index (Phi) is 3.67. The fourth-order valence-electron chi connectivity index (χ4n) is 3.00. The first-order valence-electron chi connectivity index (χ1n) is 7.30. The summed E-state index contributed by atoms with van der Waals surface area (Å²) < 4.78 is 0. The molecule has 0 aromatic carbocycles. The Hall–Kier alpha value is -1.91. The van der Waals surface area contributed by atoms with Gasteiger partial charge in [0.25, 0.3) is 0 Å². The van der Waals surface area contributed by atoms with E-state index < -0.39 is 5.97 Å². The lowest BCUT2D eigenvalue weighted by atomic mass is 9.86. The number of carboxylic acid groups (broad SMARTS) is 1. The second-order valence-electron chi connectivity index (χ2n) is 5.63. The maximum Gasteiger partial charge on any atom is 0.337 e. The first kappa shape index (κ1) is 13.1. The first-order chi connectivity index (χ1) is 9.72. The van der Waals surface area contributed by atoms with Crippen LogP contribution < -0.4 is 0 Å². The number of aryl methyl sites for hydroxylation is 1. The number of imidazole rings is 1. The minimum atomic E-state index is -0.960. The van der Waals surface area contributed by atoms with E-state index in [1.807, 2.05) is 0 Å². The van der Waals surface area contributed by atoms with Gasteiger partial charge in [-0.25, -0.2) is 14.8 Å². The average molecular weight is 273 g/mol. The van der Waals surface area contributed by atoms with Crippen LogP contribution >= 0.6 is 0 Å². The predicted molar refractivity (Wildman–Crippen MR) is 75.7 cm³/mol. The third-order valence-corrected chi connectivity index (χ3v) is 4.15. The molecule has 0 unspecified atom stereocenters. The number of nitrogens with one attached hydrogen (secondary N) is 1. The summed E-state index contributed by atoms with van der Waals surface area (Å²) >= 11 is 0. The molecule has 1 fully saturated rings. The molecule has 1 aliphatic carbocycles. The van der Waals surface area contributed by atoms with Crippen LogP contribution in [0.4, 0.5) is 0 Å². The van der Waals surface area contributed by atoms with Gasteiger partial charge in [0.05, 0.1) is 11.1 Å². The van der Waals surface area contributed by atoms with Crippen molar-refractivity contribution in [3.8, 4) is 0 Å². The van der Waals surface area contributed by atoms with E-state index in [2.05, 4.69) is 15.0 Å². The van der Waals surface area contributed by atoms with Crippen molar-refractivity contribution in [3.63, 3.8) is 0 Å². The highest BCUT2D eigenvalue weighted by molar-refractivity contribution is 5.90. The zero-order chi connectivity index (χ0) is 13.9. The molecule has 0 saturated heterocycles. The second kappa shape index (κ2) is 5.61. The van der Waals surface area contributed by atoms with E-state index in [0.717, 1.165) is 24.6 Å². The Balaban J connectivity index is 1.70. The maximum atomic E-state index is 10.9. The van der Waals surface area contributed by atoms with E-state index in [1.165, 1.54) is 38.3 Å². The van der Waals surface area contributed by atoms with Crippen LogP contribution in [0.2, 0.25) is 0 Å². The van der Waals surface area contributed by atoms with Gasteiger partial charge in [0.1, 0.15) is 5.82 Å². The van der Waals surface area contributed by atoms with Crippen LogP contribution in [0.15, 0.2) is 12.3 Å². The smallest absolute Gasteiger partial charge is 0.337 e. The normalized spacial score (nSPS) is 16.6. The zero-order valence-corrected chi connectivity index (χ0v) is 11.4. The second-order valence-corrected chi connectivity index (χ2v) is 5.63. The van der Waals surface area contributed by atoms with Crippen molar-refractivity contribution in [1.29, 1.82) is 0 Å². The summed E-state index contributed by atoms with van der Waals surface area (Å²) in [5, 5.41) is 8.95. The maximum absolute atomic E-state index is 10.9. The Morgan fingerprint density at radius 3 is 2.90 bits per heavy atom. The molecule has 3 rings (SSSR count). The molecule has 0 spiro atoms. The third-order valence-electron chi connectivity index (χ3n) is 4.15. The van der Waals surface area contributed by atoms with Gasteiger partial charge in [0.2, 0.25) is 0 Å². The van der Waals surface area contributed by atoms with Gasteiger partial charge in [-0.2, -0.15) is 0 Å². The van der Waals surface area contributed by atoms with Crippen molar-refractivity contribution in [2.24, 2.45) is 5.92 Å². The standard InChI is InChI=1S/C15H19N3O2/c19-15(20)11-8-12-14(16-9-11)18-13(17-12)7-6-10-4-2-1-3-5-10/h8-10H,1-7H2,(H,19,20)(H,16,17,18). The van der Waals surface area contributed by atoms with Crippen LogP contribution in [0.3, 0.4) is 0 Å². The summed E-state index contributed by atoms with van der Waals surface area (Å²) in [6, 6.07) is 1.60. The van der Waals surface area contributed by atoms with Crippen LogP contribution in [0, 0.1) is 5.92 Å². The number of aromatic carboxylic acids is 1. The van der Waals surface area contributed by atoms with Gasteiger partial charge < -0.3 is 10.1 Å². The lowest BCUT2D eigenvalue weighted by Gasteiger charge is -2.20. The van der Waals surface area contributed by atoms with Crippen molar-refractivity contribution >= 4 is 17.1 Å². The largest absolute Gasteiger partial charge is 0.478 e. The topological polar surface area (TPSA) is 78.9 Å². The number of fused-ring (bicyclic) bond motifs is 1. The number of hydrogen-bond acceptors (Lipinski definition) is 3. The Morgan fingerprint density at radius 2 is 2.15 bits per heavy atom. The van der Waals surface area contributed by atoms with Crippen molar-refractivity contribution in [1.82, 2.24) is 15.0 Å². The van der Waals surface area contributed by atoms with Gasteiger partial charge in [-0.05, 0) is 18.4 Å². The summed E-state index contributed by atoms with van der Waals surface area (Å²) in [5.41, 5.74) is 1.51. The van der Waals surface area contributed by atoms with Gasteiger partial charge in [-0.3, -0.25) is 0 Å². The van der Waals surface area contributed by atoms with E-state index in [0.29, 0.717) is 11.2 Å². The minimum Gasteiger partial charge on any atom is -0.478 e. The zero-order valence-electron chi connectivity index (χ0n) is 11.4. The molecular formula is C15H19N3O2. The molecule has 5 nitrogen and oxygen atoms in total. The van der Waals surface area contributed by atoms with Crippen LogP contribution in [-0.4, -0.2) is 26.0 Å². The number of nitrogens with zero attached hydrogens (tertiary/aromatic N) is 2. The van der Waals surface area contributed by atoms with Crippen molar-refractivity contribution in [2.45, 2.75) is 44.9 Å². The fourth-order valence-corrected chi connectivity index (χ4v) is 3.00. The molecule has 1 aliphatic rings. The fraction of sp³-hybridized carbons (Fsp3) is 0.533. The molecule has 0 bridgehead atoms. The summed E-state index contributed by atoms with van der Waals surface area (Å²) in [4.78, 5) is 22.6. The quantitative estimate of drug-likeness (QED) is 0.896. The third kappa shape index (κ3) is 2.81. The number of carboxylic acids is 1. The lowest BCUT2D eigenvalue weighted by molar-refractivity contribution is 0.0696. The van der Waals surface area contributed by atoms with Crippen LogP contribution in [-0.2, 0) is 6.42 Å². The molecular weight excluding hydrogens is 254 g/mol. The van der Waals surface area contributed by atoms with Gasteiger partial charge >= 0.3 is 5.97 Å². The van der Waals surface area contributed by atoms with E-state index in [1.54, 1.807) is 6.07 Å². The number of carbonyl (C=O) groups is 1. The van der Waals surface area contributed by atoms with Crippen molar-refractivity contribution < 1.29 is 9.90 Å². The van der Waals surface area contributed by atoms with Gasteiger partial charge in [-0.1, -0.05) is 32.1 Å². The SMILES string of the molecule is O=C(O)c1cnc2nc(CCC3CCCCC3)[nH]c2c1. The minimum absolute atomic E-state index is 0.194. The van der Waals surface area contributed by atoms with Crippen LogP contribution in [0.25, 0.3) is 11.2 Å². The highest BCUT2D eigenvalue weighted by Gasteiger charge is 2.14. The summed E-state index contributed by atoms with van der Waals surface area (Å²) in [6.07, 6.45) is 10.2. The van der Waals surface area contributed by atoms with E-state index in [4.69, 9.17) is 5.11 Å². The predicted octanol–water partition coefficient (Wildman–Crippen LogP) is 3.17. The molecule has 2 N–H and O–H groups in total. The van der Waals surface area contributed by atoms with Gasteiger partial charge in [0, 0.05) is 12.6 Å². The number of rotatable bonds is 4. The number of aromatic amines is 1.